The highest BCUT2D eigenvalue weighted by molar-refractivity contribution is 7.89. The fourth-order valence-corrected chi connectivity index (χ4v) is 3.81. The minimum Gasteiger partial charge on any atom is -0.391 e. The van der Waals surface area contributed by atoms with Crippen LogP contribution in [0.2, 0.25) is 0 Å². The zero-order valence-corrected chi connectivity index (χ0v) is 10.4. The van der Waals surface area contributed by atoms with E-state index in [1.165, 1.54) is 17.4 Å². The summed E-state index contributed by atoms with van der Waals surface area (Å²) in [6, 6.07) is 1.53. The SMILES string of the molecule is CCCNS(=O)(=O)c1cc(CO)sc1C. The summed E-state index contributed by atoms with van der Waals surface area (Å²) in [5.74, 6) is 0. The van der Waals surface area contributed by atoms with Crippen molar-refractivity contribution >= 4 is 21.4 Å². The van der Waals surface area contributed by atoms with Gasteiger partial charge < -0.3 is 5.11 Å². The van der Waals surface area contributed by atoms with Crippen LogP contribution in [0.5, 0.6) is 0 Å². The highest BCUT2D eigenvalue weighted by Crippen LogP contribution is 2.25. The normalized spacial score (nSPS) is 11.9. The lowest BCUT2D eigenvalue weighted by Gasteiger charge is -2.03. The highest BCUT2D eigenvalue weighted by atomic mass is 32.2. The van der Waals surface area contributed by atoms with E-state index in [0.717, 1.165) is 6.42 Å². The number of aliphatic hydroxyl groups excluding tert-OH is 1. The summed E-state index contributed by atoms with van der Waals surface area (Å²) in [6.07, 6.45) is 0.759. The fourth-order valence-electron chi connectivity index (χ4n) is 1.18. The third-order valence-corrected chi connectivity index (χ3v) is 4.66. The van der Waals surface area contributed by atoms with Gasteiger partial charge in [0.05, 0.1) is 11.5 Å². The van der Waals surface area contributed by atoms with Crippen LogP contribution >= 0.6 is 11.3 Å². The molecule has 1 aromatic rings. The maximum absolute atomic E-state index is 11.8. The van der Waals surface area contributed by atoms with Crippen LogP contribution in [0.25, 0.3) is 0 Å². The second-order valence-corrected chi connectivity index (χ2v) is 6.27. The molecule has 0 saturated carbocycles. The number of thiophene rings is 1. The van der Waals surface area contributed by atoms with Crippen molar-refractivity contribution < 1.29 is 13.5 Å². The van der Waals surface area contributed by atoms with Gasteiger partial charge in [0, 0.05) is 16.3 Å². The average molecular weight is 249 g/mol. The smallest absolute Gasteiger partial charge is 0.241 e. The minimum atomic E-state index is -3.39. The molecule has 15 heavy (non-hydrogen) atoms. The lowest BCUT2D eigenvalue weighted by Crippen LogP contribution is -2.24. The highest BCUT2D eigenvalue weighted by Gasteiger charge is 2.18. The van der Waals surface area contributed by atoms with E-state index in [0.29, 0.717) is 16.3 Å². The van der Waals surface area contributed by atoms with Crippen LogP contribution in [0.4, 0.5) is 0 Å². The van der Waals surface area contributed by atoms with Crippen molar-refractivity contribution in [1.82, 2.24) is 4.72 Å². The number of aliphatic hydroxyl groups is 1. The molecule has 0 unspecified atom stereocenters. The van der Waals surface area contributed by atoms with Gasteiger partial charge in [-0.2, -0.15) is 0 Å². The molecule has 1 aromatic heterocycles. The first-order valence-corrected chi connectivity index (χ1v) is 7.01. The van der Waals surface area contributed by atoms with Crippen molar-refractivity contribution in [3.05, 3.63) is 15.8 Å². The van der Waals surface area contributed by atoms with Crippen molar-refractivity contribution in [1.29, 1.82) is 0 Å². The third kappa shape index (κ3) is 3.01. The van der Waals surface area contributed by atoms with Crippen molar-refractivity contribution in [3.8, 4) is 0 Å². The Morgan fingerprint density at radius 2 is 2.20 bits per heavy atom. The molecule has 0 aromatic carbocycles. The number of hydrogen-bond acceptors (Lipinski definition) is 4. The zero-order chi connectivity index (χ0) is 11.5. The van der Waals surface area contributed by atoms with Gasteiger partial charge in [-0.05, 0) is 19.4 Å². The third-order valence-electron chi connectivity index (χ3n) is 1.91. The Labute approximate surface area is 94.0 Å². The van der Waals surface area contributed by atoms with E-state index < -0.39 is 10.0 Å². The van der Waals surface area contributed by atoms with Crippen LogP contribution in [-0.2, 0) is 16.6 Å². The molecule has 0 aliphatic heterocycles. The summed E-state index contributed by atoms with van der Waals surface area (Å²) in [4.78, 5) is 1.66. The Morgan fingerprint density at radius 3 is 2.67 bits per heavy atom. The molecule has 0 radical (unpaired) electrons. The first-order chi connectivity index (χ1) is 7.01. The standard InChI is InChI=1S/C9H15NO3S2/c1-3-4-10-15(12,13)9-5-8(6-11)14-7(9)2/h5,10-11H,3-4,6H2,1-2H3. The van der Waals surface area contributed by atoms with Gasteiger partial charge in [-0.1, -0.05) is 6.92 Å². The van der Waals surface area contributed by atoms with Crippen LogP contribution < -0.4 is 4.72 Å². The van der Waals surface area contributed by atoms with Gasteiger partial charge in [0.1, 0.15) is 0 Å². The van der Waals surface area contributed by atoms with E-state index in [4.69, 9.17) is 5.11 Å². The molecule has 0 atom stereocenters. The van der Waals surface area contributed by atoms with E-state index >= 15 is 0 Å². The van der Waals surface area contributed by atoms with Crippen LogP contribution in [0, 0.1) is 6.92 Å². The lowest BCUT2D eigenvalue weighted by molar-refractivity contribution is 0.285. The topological polar surface area (TPSA) is 66.4 Å². The Morgan fingerprint density at radius 1 is 1.53 bits per heavy atom. The van der Waals surface area contributed by atoms with Gasteiger partial charge in [-0.15, -0.1) is 11.3 Å². The van der Waals surface area contributed by atoms with Crippen LogP contribution in [-0.4, -0.2) is 20.1 Å². The van der Waals surface area contributed by atoms with Crippen LogP contribution in [0.15, 0.2) is 11.0 Å². The summed E-state index contributed by atoms with van der Waals surface area (Å²) in [5, 5.41) is 8.91. The molecule has 0 aliphatic carbocycles. The first kappa shape index (κ1) is 12.6. The summed E-state index contributed by atoms with van der Waals surface area (Å²) in [6.45, 7) is 3.97. The monoisotopic (exact) mass is 249 g/mol. The summed E-state index contributed by atoms with van der Waals surface area (Å²) < 4.78 is 26.0. The van der Waals surface area contributed by atoms with Crippen LogP contribution in [0.1, 0.15) is 23.1 Å². The first-order valence-electron chi connectivity index (χ1n) is 4.71. The van der Waals surface area contributed by atoms with Crippen molar-refractivity contribution in [3.63, 3.8) is 0 Å². The summed E-state index contributed by atoms with van der Waals surface area (Å²) in [7, 11) is -3.39. The molecule has 0 amide bonds. The molecule has 0 aliphatic rings. The maximum Gasteiger partial charge on any atom is 0.241 e. The Balaban J connectivity index is 2.99. The Hall–Kier alpha value is -0.430. The van der Waals surface area contributed by atoms with Crippen molar-refractivity contribution in [2.45, 2.75) is 31.8 Å². The molecule has 0 spiro atoms. The molecular formula is C9H15NO3S2. The molecule has 0 bridgehead atoms. The minimum absolute atomic E-state index is 0.116. The summed E-state index contributed by atoms with van der Waals surface area (Å²) in [5.41, 5.74) is 0. The van der Waals surface area contributed by atoms with E-state index in [1.54, 1.807) is 6.92 Å². The Kier molecular flexibility index (Phi) is 4.27. The maximum atomic E-state index is 11.8. The number of aryl methyl sites for hydroxylation is 1. The van der Waals surface area contributed by atoms with Gasteiger partial charge in [0.2, 0.25) is 10.0 Å². The van der Waals surface area contributed by atoms with E-state index in [9.17, 15) is 8.42 Å². The zero-order valence-electron chi connectivity index (χ0n) is 8.78. The molecule has 0 saturated heterocycles. The summed E-state index contributed by atoms with van der Waals surface area (Å²) >= 11 is 1.31. The molecule has 0 fully saturated rings. The average Bonchev–Trinajstić information content (AvgIpc) is 2.57. The van der Waals surface area contributed by atoms with Crippen molar-refractivity contribution in [2.24, 2.45) is 0 Å². The second kappa shape index (κ2) is 5.07. The van der Waals surface area contributed by atoms with E-state index in [2.05, 4.69) is 4.72 Å². The number of rotatable bonds is 5. The molecule has 86 valence electrons. The fraction of sp³-hybridized carbons (Fsp3) is 0.556. The van der Waals surface area contributed by atoms with E-state index in [-0.39, 0.29) is 11.5 Å². The second-order valence-electron chi connectivity index (χ2n) is 3.19. The molecule has 2 N–H and O–H groups in total. The van der Waals surface area contributed by atoms with Gasteiger partial charge >= 0.3 is 0 Å². The van der Waals surface area contributed by atoms with Gasteiger partial charge in [-0.3, -0.25) is 0 Å². The van der Waals surface area contributed by atoms with Gasteiger partial charge in [-0.25, -0.2) is 13.1 Å². The molecular weight excluding hydrogens is 234 g/mol. The largest absolute Gasteiger partial charge is 0.391 e. The number of hydrogen-bond donors (Lipinski definition) is 2. The van der Waals surface area contributed by atoms with Gasteiger partial charge in [0.15, 0.2) is 0 Å². The predicted molar refractivity (Wildman–Crippen MR) is 60.5 cm³/mol. The molecule has 4 nitrogen and oxygen atoms in total. The van der Waals surface area contributed by atoms with Crippen molar-refractivity contribution in [2.75, 3.05) is 6.54 Å². The predicted octanol–water partition coefficient (Wildman–Crippen LogP) is 1.24. The van der Waals surface area contributed by atoms with E-state index in [1.807, 2.05) is 6.92 Å². The number of nitrogens with one attached hydrogen (secondary N) is 1. The molecule has 6 heteroatoms. The quantitative estimate of drug-likeness (QED) is 0.825. The Bertz CT molecular complexity index is 423. The molecule has 1 heterocycles. The van der Waals surface area contributed by atoms with Gasteiger partial charge in [0.25, 0.3) is 0 Å². The molecule has 1 rings (SSSR count). The number of sulfonamides is 1. The lowest BCUT2D eigenvalue weighted by atomic mass is 10.4. The van der Waals surface area contributed by atoms with Crippen LogP contribution in [0.3, 0.4) is 0 Å².